The minimum absolute atomic E-state index is 0.524. The highest BCUT2D eigenvalue weighted by molar-refractivity contribution is 5.37. The maximum atomic E-state index is 5.81. The summed E-state index contributed by atoms with van der Waals surface area (Å²) in [5, 5.41) is 0. The zero-order valence-electron chi connectivity index (χ0n) is 10.8. The monoisotopic (exact) mass is 221 g/mol. The average molecular weight is 221 g/mol. The third-order valence-electron chi connectivity index (χ3n) is 3.16. The van der Waals surface area contributed by atoms with Crippen LogP contribution < -0.4 is 10.5 Å². The van der Waals surface area contributed by atoms with Gasteiger partial charge in [0.2, 0.25) is 0 Å². The van der Waals surface area contributed by atoms with Crippen molar-refractivity contribution < 1.29 is 4.74 Å². The van der Waals surface area contributed by atoms with Crippen LogP contribution in [0, 0.1) is 18.8 Å². The maximum absolute atomic E-state index is 5.81. The Kier molecular flexibility index (Phi) is 4.81. The lowest BCUT2D eigenvalue weighted by Gasteiger charge is -2.20. The maximum Gasteiger partial charge on any atom is 0.122 e. The van der Waals surface area contributed by atoms with Crippen LogP contribution in [0.3, 0.4) is 0 Å². The molecule has 0 spiro atoms. The summed E-state index contributed by atoms with van der Waals surface area (Å²) in [7, 11) is 1.72. The van der Waals surface area contributed by atoms with Crippen LogP contribution in [0.15, 0.2) is 18.2 Å². The van der Waals surface area contributed by atoms with E-state index < -0.39 is 0 Å². The van der Waals surface area contributed by atoms with E-state index in [1.165, 1.54) is 11.1 Å². The molecule has 0 aliphatic carbocycles. The molecule has 0 aliphatic heterocycles. The molecular weight excluding hydrogens is 198 g/mol. The smallest absolute Gasteiger partial charge is 0.122 e. The standard InChI is InChI=1S/C14H23NO/c1-10(2)13(9-15)8-12-7-11(3)5-6-14(12)16-4/h5-7,10,13H,8-9,15H2,1-4H3. The highest BCUT2D eigenvalue weighted by atomic mass is 16.5. The van der Waals surface area contributed by atoms with Crippen LogP contribution in [0.4, 0.5) is 0 Å². The number of nitrogens with two attached hydrogens (primary N) is 1. The molecule has 0 bridgehead atoms. The first-order valence-corrected chi connectivity index (χ1v) is 5.92. The lowest BCUT2D eigenvalue weighted by molar-refractivity contribution is 0.373. The van der Waals surface area contributed by atoms with E-state index in [1.54, 1.807) is 7.11 Å². The molecule has 0 fully saturated rings. The molecule has 2 heteroatoms. The highest BCUT2D eigenvalue weighted by Gasteiger charge is 2.14. The van der Waals surface area contributed by atoms with E-state index in [2.05, 4.69) is 32.9 Å². The predicted octanol–water partition coefficient (Wildman–Crippen LogP) is 2.78. The SMILES string of the molecule is COc1ccc(C)cc1CC(CN)C(C)C. The van der Waals surface area contributed by atoms with Crippen molar-refractivity contribution in [2.75, 3.05) is 13.7 Å². The van der Waals surface area contributed by atoms with E-state index >= 15 is 0 Å². The quantitative estimate of drug-likeness (QED) is 0.829. The van der Waals surface area contributed by atoms with Crippen LogP contribution in [0.25, 0.3) is 0 Å². The average Bonchev–Trinajstić information content (AvgIpc) is 2.25. The number of aryl methyl sites for hydroxylation is 1. The molecule has 90 valence electrons. The Morgan fingerprint density at radius 1 is 1.31 bits per heavy atom. The normalized spacial score (nSPS) is 12.9. The summed E-state index contributed by atoms with van der Waals surface area (Å²) in [4.78, 5) is 0. The summed E-state index contributed by atoms with van der Waals surface area (Å²) in [6, 6.07) is 6.32. The Balaban J connectivity index is 2.89. The van der Waals surface area contributed by atoms with Gasteiger partial charge in [0.25, 0.3) is 0 Å². The minimum Gasteiger partial charge on any atom is -0.496 e. The van der Waals surface area contributed by atoms with Gasteiger partial charge in [0, 0.05) is 0 Å². The molecule has 1 unspecified atom stereocenters. The van der Waals surface area contributed by atoms with Gasteiger partial charge >= 0.3 is 0 Å². The number of rotatable bonds is 5. The van der Waals surface area contributed by atoms with Crippen LogP contribution >= 0.6 is 0 Å². The van der Waals surface area contributed by atoms with Gasteiger partial charge in [-0.15, -0.1) is 0 Å². The molecule has 0 radical (unpaired) electrons. The fraction of sp³-hybridized carbons (Fsp3) is 0.571. The molecule has 0 saturated carbocycles. The first kappa shape index (κ1) is 13.0. The van der Waals surface area contributed by atoms with E-state index in [9.17, 15) is 0 Å². The second-order valence-electron chi connectivity index (χ2n) is 4.76. The predicted molar refractivity (Wildman–Crippen MR) is 68.8 cm³/mol. The van der Waals surface area contributed by atoms with Crippen LogP contribution in [-0.2, 0) is 6.42 Å². The number of hydrogen-bond donors (Lipinski definition) is 1. The summed E-state index contributed by atoms with van der Waals surface area (Å²) < 4.78 is 5.38. The van der Waals surface area contributed by atoms with Crippen molar-refractivity contribution in [1.29, 1.82) is 0 Å². The topological polar surface area (TPSA) is 35.2 Å². The molecule has 1 atom stereocenters. The molecule has 2 N–H and O–H groups in total. The Hall–Kier alpha value is -1.02. The molecule has 0 amide bonds. The Morgan fingerprint density at radius 2 is 2.00 bits per heavy atom. The van der Waals surface area contributed by atoms with Gasteiger partial charge in [-0.05, 0) is 43.4 Å². The number of hydrogen-bond acceptors (Lipinski definition) is 2. The van der Waals surface area contributed by atoms with Gasteiger partial charge in [-0.3, -0.25) is 0 Å². The van der Waals surface area contributed by atoms with Gasteiger partial charge < -0.3 is 10.5 Å². The molecule has 1 rings (SSSR count). The lowest BCUT2D eigenvalue weighted by Crippen LogP contribution is -2.22. The second-order valence-corrected chi connectivity index (χ2v) is 4.76. The zero-order chi connectivity index (χ0) is 12.1. The Labute approximate surface area is 98.8 Å². The van der Waals surface area contributed by atoms with Crippen molar-refractivity contribution in [1.82, 2.24) is 0 Å². The summed E-state index contributed by atoms with van der Waals surface area (Å²) in [6.45, 7) is 7.28. The van der Waals surface area contributed by atoms with E-state index in [-0.39, 0.29) is 0 Å². The second kappa shape index (κ2) is 5.90. The fourth-order valence-electron chi connectivity index (χ4n) is 1.94. The van der Waals surface area contributed by atoms with Crippen LogP contribution in [0.1, 0.15) is 25.0 Å². The Morgan fingerprint density at radius 3 is 2.50 bits per heavy atom. The lowest BCUT2D eigenvalue weighted by atomic mass is 9.88. The van der Waals surface area contributed by atoms with Crippen LogP contribution in [-0.4, -0.2) is 13.7 Å². The van der Waals surface area contributed by atoms with Gasteiger partial charge in [0.05, 0.1) is 7.11 Å². The molecule has 1 aromatic rings. The van der Waals surface area contributed by atoms with E-state index in [0.29, 0.717) is 11.8 Å². The summed E-state index contributed by atoms with van der Waals surface area (Å²) in [6.07, 6.45) is 0.999. The Bertz CT molecular complexity index is 334. The van der Waals surface area contributed by atoms with Crippen molar-refractivity contribution in [2.24, 2.45) is 17.6 Å². The number of ether oxygens (including phenoxy) is 1. The zero-order valence-corrected chi connectivity index (χ0v) is 10.8. The molecule has 0 saturated heterocycles. The highest BCUT2D eigenvalue weighted by Crippen LogP contribution is 2.25. The molecule has 0 aromatic heterocycles. The summed E-state index contributed by atoms with van der Waals surface area (Å²) in [5.41, 5.74) is 8.35. The molecule has 0 aliphatic rings. The van der Waals surface area contributed by atoms with Crippen LogP contribution in [0.2, 0.25) is 0 Å². The van der Waals surface area contributed by atoms with Crippen molar-refractivity contribution in [3.05, 3.63) is 29.3 Å². The van der Waals surface area contributed by atoms with Gasteiger partial charge in [-0.2, -0.15) is 0 Å². The number of methoxy groups -OCH3 is 1. The third kappa shape index (κ3) is 3.24. The summed E-state index contributed by atoms with van der Waals surface area (Å²) in [5.74, 6) is 2.11. The third-order valence-corrected chi connectivity index (χ3v) is 3.16. The first-order valence-electron chi connectivity index (χ1n) is 5.92. The van der Waals surface area contributed by atoms with E-state index in [4.69, 9.17) is 10.5 Å². The molecular formula is C14H23NO. The largest absolute Gasteiger partial charge is 0.496 e. The van der Waals surface area contributed by atoms with E-state index in [0.717, 1.165) is 18.7 Å². The first-order chi connectivity index (χ1) is 7.58. The van der Waals surface area contributed by atoms with Crippen molar-refractivity contribution in [3.8, 4) is 5.75 Å². The van der Waals surface area contributed by atoms with Gasteiger partial charge in [-0.1, -0.05) is 31.5 Å². The number of benzene rings is 1. The van der Waals surface area contributed by atoms with Crippen molar-refractivity contribution in [3.63, 3.8) is 0 Å². The van der Waals surface area contributed by atoms with Gasteiger partial charge in [-0.25, -0.2) is 0 Å². The summed E-state index contributed by atoms with van der Waals surface area (Å²) >= 11 is 0. The molecule has 1 aromatic carbocycles. The van der Waals surface area contributed by atoms with Gasteiger partial charge in [0.15, 0.2) is 0 Å². The fourth-order valence-corrected chi connectivity index (χ4v) is 1.94. The van der Waals surface area contributed by atoms with Crippen LogP contribution in [0.5, 0.6) is 5.75 Å². The van der Waals surface area contributed by atoms with Gasteiger partial charge in [0.1, 0.15) is 5.75 Å². The van der Waals surface area contributed by atoms with Crippen molar-refractivity contribution >= 4 is 0 Å². The molecule has 16 heavy (non-hydrogen) atoms. The molecule has 0 heterocycles. The minimum atomic E-state index is 0.524. The van der Waals surface area contributed by atoms with E-state index in [1.807, 2.05) is 6.07 Å². The van der Waals surface area contributed by atoms with Crippen molar-refractivity contribution in [2.45, 2.75) is 27.2 Å². The molecule has 2 nitrogen and oxygen atoms in total.